The van der Waals surface area contributed by atoms with Crippen molar-refractivity contribution < 1.29 is 18.0 Å². The molecule has 1 rings (SSSR count). The Bertz CT molecular complexity index is 466. The van der Waals surface area contributed by atoms with Crippen LogP contribution in [-0.2, 0) is 17.4 Å². The number of likely N-dealkylation sites (N-methyl/N-ethyl adjacent to an activating group) is 1. The highest BCUT2D eigenvalue weighted by molar-refractivity contribution is 5.85. The van der Waals surface area contributed by atoms with Gasteiger partial charge in [0.25, 0.3) is 0 Å². The molecule has 0 heterocycles. The van der Waals surface area contributed by atoms with Gasteiger partial charge < -0.3 is 10.6 Å². The molecule has 0 spiro atoms. The predicted molar refractivity (Wildman–Crippen MR) is 83.1 cm³/mol. The normalized spacial score (nSPS) is 12.4. The van der Waals surface area contributed by atoms with Crippen LogP contribution in [0.4, 0.5) is 13.2 Å². The van der Waals surface area contributed by atoms with Crippen LogP contribution in [-0.4, -0.2) is 25.5 Å². The van der Waals surface area contributed by atoms with Crippen molar-refractivity contribution in [2.24, 2.45) is 5.92 Å². The first-order chi connectivity index (χ1) is 9.84. The molecule has 2 N–H and O–H groups in total. The molecule has 1 unspecified atom stereocenters. The van der Waals surface area contributed by atoms with Gasteiger partial charge in [-0.05, 0) is 24.6 Å². The van der Waals surface area contributed by atoms with Crippen LogP contribution in [0.3, 0.4) is 0 Å². The summed E-state index contributed by atoms with van der Waals surface area (Å²) in [6.07, 6.45) is -4.07. The first-order valence-corrected chi connectivity index (χ1v) is 6.99. The quantitative estimate of drug-likeness (QED) is 0.750. The summed E-state index contributed by atoms with van der Waals surface area (Å²) in [5.74, 6) is -0.513. The number of halogens is 4. The SMILES string of the molecule is CCNCCNC(=O)C(C)Cc1cccc(C(F)(F)F)c1.Cl. The number of rotatable bonds is 7. The maximum atomic E-state index is 12.6. The standard InChI is InChI=1S/C15H21F3N2O.ClH/c1-3-19-7-8-20-14(21)11(2)9-12-5-4-6-13(10-12)15(16,17)18;/h4-6,10-11,19H,3,7-9H2,1-2H3,(H,20,21);1H. The Hall–Kier alpha value is -1.27. The zero-order valence-corrected chi connectivity index (χ0v) is 13.5. The highest BCUT2D eigenvalue weighted by Crippen LogP contribution is 2.29. The number of hydrogen-bond acceptors (Lipinski definition) is 2. The molecule has 1 aromatic carbocycles. The van der Waals surface area contributed by atoms with Crippen LogP contribution in [0.2, 0.25) is 0 Å². The summed E-state index contributed by atoms with van der Waals surface area (Å²) in [6, 6.07) is 5.11. The van der Waals surface area contributed by atoms with E-state index in [1.165, 1.54) is 6.07 Å². The van der Waals surface area contributed by atoms with Gasteiger partial charge in [-0.3, -0.25) is 4.79 Å². The first-order valence-electron chi connectivity index (χ1n) is 6.99. The van der Waals surface area contributed by atoms with Crippen LogP contribution in [0, 0.1) is 5.92 Å². The molecule has 7 heteroatoms. The highest BCUT2D eigenvalue weighted by atomic mass is 35.5. The zero-order valence-electron chi connectivity index (χ0n) is 12.7. The van der Waals surface area contributed by atoms with Gasteiger partial charge in [0.05, 0.1) is 5.56 Å². The number of hydrogen-bond donors (Lipinski definition) is 2. The lowest BCUT2D eigenvalue weighted by Crippen LogP contribution is -2.35. The molecule has 0 fully saturated rings. The number of alkyl halides is 3. The molecule has 3 nitrogen and oxygen atoms in total. The lowest BCUT2D eigenvalue weighted by atomic mass is 9.98. The lowest BCUT2D eigenvalue weighted by Gasteiger charge is -2.14. The molecular formula is C15H22ClF3N2O. The summed E-state index contributed by atoms with van der Waals surface area (Å²) in [6.45, 7) is 5.70. The van der Waals surface area contributed by atoms with E-state index in [2.05, 4.69) is 10.6 Å². The topological polar surface area (TPSA) is 41.1 Å². The van der Waals surface area contributed by atoms with E-state index in [1.54, 1.807) is 13.0 Å². The number of amides is 1. The Morgan fingerprint density at radius 1 is 1.27 bits per heavy atom. The molecule has 0 aliphatic heterocycles. The highest BCUT2D eigenvalue weighted by Gasteiger charge is 2.30. The summed E-state index contributed by atoms with van der Waals surface area (Å²) >= 11 is 0. The van der Waals surface area contributed by atoms with Crippen molar-refractivity contribution in [3.05, 3.63) is 35.4 Å². The lowest BCUT2D eigenvalue weighted by molar-refractivity contribution is -0.137. The molecule has 0 saturated carbocycles. The average molecular weight is 339 g/mol. The smallest absolute Gasteiger partial charge is 0.355 e. The number of carbonyl (C=O) groups is 1. The van der Waals surface area contributed by atoms with Crippen LogP contribution in [0.15, 0.2) is 24.3 Å². The summed E-state index contributed by atoms with van der Waals surface area (Å²) < 4.78 is 37.9. The summed E-state index contributed by atoms with van der Waals surface area (Å²) in [5, 5.41) is 5.84. The van der Waals surface area contributed by atoms with Crippen molar-refractivity contribution in [2.45, 2.75) is 26.4 Å². The third-order valence-corrected chi connectivity index (χ3v) is 3.09. The average Bonchev–Trinajstić information content (AvgIpc) is 2.42. The van der Waals surface area contributed by atoms with E-state index in [4.69, 9.17) is 0 Å². The van der Waals surface area contributed by atoms with Crippen LogP contribution in [0.5, 0.6) is 0 Å². The van der Waals surface area contributed by atoms with E-state index in [9.17, 15) is 18.0 Å². The number of benzene rings is 1. The molecule has 1 aromatic rings. The van der Waals surface area contributed by atoms with Gasteiger partial charge in [0, 0.05) is 19.0 Å². The first kappa shape index (κ1) is 20.7. The molecule has 126 valence electrons. The summed E-state index contributed by atoms with van der Waals surface area (Å²) in [7, 11) is 0. The largest absolute Gasteiger partial charge is 0.416 e. The molecule has 0 bridgehead atoms. The molecule has 0 saturated heterocycles. The van der Waals surface area contributed by atoms with Crippen LogP contribution >= 0.6 is 12.4 Å². The van der Waals surface area contributed by atoms with Gasteiger partial charge in [0.2, 0.25) is 5.91 Å². The summed E-state index contributed by atoms with van der Waals surface area (Å²) in [5.41, 5.74) is -0.168. The fourth-order valence-electron chi connectivity index (χ4n) is 1.95. The van der Waals surface area contributed by atoms with Crippen molar-refractivity contribution in [1.82, 2.24) is 10.6 Å². The second kappa shape index (κ2) is 9.69. The molecule has 1 atom stereocenters. The van der Waals surface area contributed by atoms with Gasteiger partial charge in [0.15, 0.2) is 0 Å². The van der Waals surface area contributed by atoms with E-state index in [-0.39, 0.29) is 30.7 Å². The molecule has 0 aliphatic rings. The van der Waals surface area contributed by atoms with Crippen molar-refractivity contribution in [3.63, 3.8) is 0 Å². The van der Waals surface area contributed by atoms with Gasteiger partial charge >= 0.3 is 6.18 Å². The molecular weight excluding hydrogens is 317 g/mol. The van der Waals surface area contributed by atoms with Crippen LogP contribution in [0.25, 0.3) is 0 Å². The molecule has 0 aromatic heterocycles. The van der Waals surface area contributed by atoms with E-state index < -0.39 is 11.7 Å². The van der Waals surface area contributed by atoms with E-state index in [0.29, 0.717) is 18.7 Å². The molecule has 0 aliphatic carbocycles. The minimum Gasteiger partial charge on any atom is -0.355 e. The van der Waals surface area contributed by atoms with Gasteiger partial charge in [0.1, 0.15) is 0 Å². The monoisotopic (exact) mass is 338 g/mol. The van der Waals surface area contributed by atoms with Crippen molar-refractivity contribution >= 4 is 18.3 Å². The van der Waals surface area contributed by atoms with Gasteiger partial charge in [-0.2, -0.15) is 13.2 Å². The van der Waals surface area contributed by atoms with Gasteiger partial charge in [-0.1, -0.05) is 32.0 Å². The second-order valence-corrected chi connectivity index (χ2v) is 4.95. The fraction of sp³-hybridized carbons (Fsp3) is 0.533. The third kappa shape index (κ3) is 7.13. The zero-order chi connectivity index (χ0) is 15.9. The Labute approximate surface area is 135 Å². The van der Waals surface area contributed by atoms with Crippen molar-refractivity contribution in [3.8, 4) is 0 Å². The molecule has 22 heavy (non-hydrogen) atoms. The van der Waals surface area contributed by atoms with E-state index in [1.807, 2.05) is 6.92 Å². The number of carbonyl (C=O) groups excluding carboxylic acids is 1. The summed E-state index contributed by atoms with van der Waals surface area (Å²) in [4.78, 5) is 11.8. The Morgan fingerprint density at radius 2 is 1.95 bits per heavy atom. The Morgan fingerprint density at radius 3 is 2.55 bits per heavy atom. The van der Waals surface area contributed by atoms with Gasteiger partial charge in [-0.15, -0.1) is 12.4 Å². The maximum absolute atomic E-state index is 12.6. The maximum Gasteiger partial charge on any atom is 0.416 e. The number of nitrogens with one attached hydrogen (secondary N) is 2. The van der Waals surface area contributed by atoms with E-state index in [0.717, 1.165) is 18.7 Å². The predicted octanol–water partition coefficient (Wildman–Crippen LogP) is 3.03. The minimum atomic E-state index is -4.35. The Balaban J connectivity index is 0.00000441. The minimum absolute atomic E-state index is 0. The molecule has 1 amide bonds. The molecule has 0 radical (unpaired) electrons. The van der Waals surface area contributed by atoms with E-state index >= 15 is 0 Å². The second-order valence-electron chi connectivity index (χ2n) is 4.95. The van der Waals surface area contributed by atoms with Crippen LogP contribution in [0.1, 0.15) is 25.0 Å². The van der Waals surface area contributed by atoms with Crippen molar-refractivity contribution in [1.29, 1.82) is 0 Å². The van der Waals surface area contributed by atoms with Crippen molar-refractivity contribution in [2.75, 3.05) is 19.6 Å². The Kier molecular flexibility index (Phi) is 9.13. The fourth-order valence-corrected chi connectivity index (χ4v) is 1.95. The third-order valence-electron chi connectivity index (χ3n) is 3.09. The van der Waals surface area contributed by atoms with Crippen LogP contribution < -0.4 is 10.6 Å². The van der Waals surface area contributed by atoms with Gasteiger partial charge in [-0.25, -0.2) is 0 Å².